The van der Waals surface area contributed by atoms with E-state index in [1.165, 1.54) is 0 Å². The second-order valence-corrected chi connectivity index (χ2v) is 9.67. The minimum Gasteiger partial charge on any atom is -0.390 e. The summed E-state index contributed by atoms with van der Waals surface area (Å²) in [5, 5.41) is 17.0. The smallest absolute Gasteiger partial charge is 0.274 e. The van der Waals surface area contributed by atoms with E-state index in [4.69, 9.17) is 9.26 Å². The number of ether oxygens (including phenoxy) is 1. The number of anilines is 2. The highest BCUT2D eigenvalue weighted by Crippen LogP contribution is 2.25. The number of amides is 1. The summed E-state index contributed by atoms with van der Waals surface area (Å²) in [6, 6.07) is 9.56. The fourth-order valence-electron chi connectivity index (χ4n) is 4.11. The number of nitrogens with one attached hydrogen (secondary N) is 1. The number of carbonyl (C=O) groups excluding carboxylic acids is 1. The number of hydrogen-bond acceptors (Lipinski definition) is 8. The van der Waals surface area contributed by atoms with Crippen molar-refractivity contribution < 1.29 is 19.2 Å². The average molecular weight is 491 g/mol. The lowest BCUT2D eigenvalue weighted by Crippen LogP contribution is -2.36. The maximum atomic E-state index is 13.3. The van der Waals surface area contributed by atoms with Crippen LogP contribution in [0.2, 0.25) is 0 Å². The van der Waals surface area contributed by atoms with Crippen LogP contribution >= 0.6 is 0 Å². The Labute approximate surface area is 208 Å². The first-order valence-electron chi connectivity index (χ1n) is 12.0. The van der Waals surface area contributed by atoms with Gasteiger partial charge in [-0.2, -0.15) is 4.98 Å². The zero-order valence-electron chi connectivity index (χ0n) is 20.7. The molecule has 3 aromatic heterocycles. The number of fused-ring (bicyclic) bond motifs is 1. The maximum absolute atomic E-state index is 13.3. The highest BCUT2D eigenvalue weighted by molar-refractivity contribution is 6.04. The summed E-state index contributed by atoms with van der Waals surface area (Å²) in [6.45, 7) is 8.40. The van der Waals surface area contributed by atoms with Gasteiger partial charge in [0.2, 0.25) is 11.7 Å². The van der Waals surface area contributed by atoms with E-state index in [-0.39, 0.29) is 5.91 Å². The Kier molecular flexibility index (Phi) is 6.46. The fraction of sp³-hybridized carbons (Fsp3) is 0.385. The van der Waals surface area contributed by atoms with E-state index >= 15 is 0 Å². The Morgan fingerprint density at radius 3 is 2.78 bits per heavy atom. The molecule has 0 spiro atoms. The number of nitrogens with zero attached hydrogens (tertiary/aromatic N) is 5. The molecule has 1 amide bonds. The molecule has 0 aliphatic carbocycles. The lowest BCUT2D eigenvalue weighted by molar-refractivity contribution is 0.0689. The summed E-state index contributed by atoms with van der Waals surface area (Å²) in [5.41, 5.74) is 3.64. The fourth-order valence-corrected chi connectivity index (χ4v) is 4.11. The molecule has 0 atom stereocenters. The van der Waals surface area contributed by atoms with Crippen LogP contribution in [-0.2, 0) is 11.2 Å². The molecular weight excluding hydrogens is 460 g/mol. The lowest BCUT2D eigenvalue weighted by atomic mass is 10.0. The molecule has 5 rings (SSSR count). The molecule has 4 heterocycles. The molecule has 10 heteroatoms. The summed E-state index contributed by atoms with van der Waals surface area (Å²) in [4.78, 5) is 24.4. The van der Waals surface area contributed by atoms with Gasteiger partial charge in [0.05, 0.1) is 30.7 Å². The van der Waals surface area contributed by atoms with E-state index in [2.05, 4.69) is 25.3 Å². The number of aromatic nitrogens is 4. The molecule has 2 N–H and O–H groups in total. The molecule has 1 fully saturated rings. The minimum atomic E-state index is -0.809. The van der Waals surface area contributed by atoms with Crippen LogP contribution in [0, 0.1) is 6.92 Å². The Balaban J connectivity index is 1.36. The number of carbonyl (C=O) groups is 1. The van der Waals surface area contributed by atoms with E-state index in [9.17, 15) is 9.90 Å². The van der Waals surface area contributed by atoms with Gasteiger partial charge in [0.1, 0.15) is 11.3 Å². The average Bonchev–Trinajstić information content (AvgIpc) is 3.51. The van der Waals surface area contributed by atoms with Crippen molar-refractivity contribution in [2.24, 2.45) is 0 Å². The first-order chi connectivity index (χ1) is 17.3. The Bertz CT molecular complexity index is 1380. The van der Waals surface area contributed by atoms with Gasteiger partial charge in [0, 0.05) is 37.0 Å². The van der Waals surface area contributed by atoms with Gasteiger partial charge in [0.25, 0.3) is 5.91 Å². The normalized spacial score (nSPS) is 14.4. The molecule has 1 aliphatic heterocycles. The molecule has 1 aromatic carbocycles. The van der Waals surface area contributed by atoms with Gasteiger partial charge in [0.15, 0.2) is 0 Å². The summed E-state index contributed by atoms with van der Waals surface area (Å²) >= 11 is 0. The van der Waals surface area contributed by atoms with Crippen molar-refractivity contribution in [3.8, 4) is 11.4 Å². The van der Waals surface area contributed by atoms with E-state index in [0.717, 1.165) is 29.9 Å². The second-order valence-electron chi connectivity index (χ2n) is 9.67. The molecule has 0 unspecified atom stereocenters. The van der Waals surface area contributed by atoms with Crippen LogP contribution in [0.5, 0.6) is 0 Å². The van der Waals surface area contributed by atoms with Crippen LogP contribution in [0.15, 0.2) is 47.2 Å². The highest BCUT2D eigenvalue weighted by atomic mass is 16.5. The van der Waals surface area contributed by atoms with Crippen LogP contribution in [0.1, 0.15) is 42.2 Å². The third-order valence-corrected chi connectivity index (χ3v) is 6.26. The SMILES string of the molecule is Cc1ccc(-c2noc(CCC(C)(C)O)n2)cc1NC(=O)c1cnc2ccc(N3CCOCC3)cn12. The minimum absolute atomic E-state index is 0.263. The lowest BCUT2D eigenvalue weighted by Gasteiger charge is -2.28. The number of pyridine rings is 1. The Morgan fingerprint density at radius 1 is 1.19 bits per heavy atom. The van der Waals surface area contributed by atoms with Crippen molar-refractivity contribution in [2.75, 3.05) is 36.5 Å². The van der Waals surface area contributed by atoms with Crippen LogP contribution < -0.4 is 10.2 Å². The summed E-state index contributed by atoms with van der Waals surface area (Å²) in [7, 11) is 0. The predicted octanol–water partition coefficient (Wildman–Crippen LogP) is 3.49. The van der Waals surface area contributed by atoms with Gasteiger partial charge < -0.3 is 24.6 Å². The van der Waals surface area contributed by atoms with E-state index in [0.29, 0.717) is 54.8 Å². The first-order valence-corrected chi connectivity index (χ1v) is 12.0. The molecule has 10 nitrogen and oxygen atoms in total. The third kappa shape index (κ3) is 5.24. The maximum Gasteiger partial charge on any atom is 0.274 e. The predicted molar refractivity (Wildman–Crippen MR) is 135 cm³/mol. The number of hydrogen-bond donors (Lipinski definition) is 2. The molecular formula is C26H30N6O4. The van der Waals surface area contributed by atoms with Gasteiger partial charge in [-0.05, 0) is 51.0 Å². The number of imidazole rings is 1. The Hall–Kier alpha value is -3.76. The van der Waals surface area contributed by atoms with Crippen LogP contribution in [0.3, 0.4) is 0 Å². The summed E-state index contributed by atoms with van der Waals surface area (Å²) < 4.78 is 12.6. The van der Waals surface area contributed by atoms with Gasteiger partial charge in [-0.1, -0.05) is 17.3 Å². The van der Waals surface area contributed by atoms with Crippen molar-refractivity contribution in [1.82, 2.24) is 19.5 Å². The number of benzene rings is 1. The molecule has 36 heavy (non-hydrogen) atoms. The van der Waals surface area contributed by atoms with Gasteiger partial charge in [-0.3, -0.25) is 9.20 Å². The van der Waals surface area contributed by atoms with E-state index < -0.39 is 5.60 Å². The first kappa shape index (κ1) is 24.0. The summed E-state index contributed by atoms with van der Waals surface area (Å²) in [6.07, 6.45) is 4.52. The largest absolute Gasteiger partial charge is 0.390 e. The van der Waals surface area contributed by atoms with Crippen LogP contribution in [0.25, 0.3) is 17.0 Å². The summed E-state index contributed by atoms with van der Waals surface area (Å²) in [5.74, 6) is 0.627. The Morgan fingerprint density at radius 2 is 2.00 bits per heavy atom. The number of aryl methyl sites for hydroxylation is 2. The zero-order valence-corrected chi connectivity index (χ0v) is 20.7. The van der Waals surface area contributed by atoms with Crippen molar-refractivity contribution in [3.05, 3.63) is 59.9 Å². The van der Waals surface area contributed by atoms with Crippen molar-refractivity contribution in [3.63, 3.8) is 0 Å². The monoisotopic (exact) mass is 490 g/mol. The third-order valence-electron chi connectivity index (χ3n) is 6.26. The van der Waals surface area contributed by atoms with E-state index in [1.807, 2.05) is 47.9 Å². The standard InChI is InChI=1S/C26H30N6O4/c1-17-4-5-18(24-29-23(36-30-24)8-9-26(2,3)34)14-20(17)28-25(33)21-15-27-22-7-6-19(16-32(21)22)31-10-12-35-13-11-31/h4-7,14-16,34H,8-13H2,1-3H3,(H,28,33). The number of aliphatic hydroxyl groups is 1. The number of rotatable bonds is 7. The van der Waals surface area contributed by atoms with Gasteiger partial charge in [-0.25, -0.2) is 4.98 Å². The quantitative estimate of drug-likeness (QED) is 0.404. The van der Waals surface area contributed by atoms with E-state index in [1.54, 1.807) is 20.0 Å². The van der Waals surface area contributed by atoms with Crippen molar-refractivity contribution >= 4 is 22.9 Å². The highest BCUT2D eigenvalue weighted by Gasteiger charge is 2.19. The molecule has 0 radical (unpaired) electrons. The van der Waals surface area contributed by atoms with Crippen molar-refractivity contribution in [1.29, 1.82) is 0 Å². The molecule has 0 bridgehead atoms. The van der Waals surface area contributed by atoms with Crippen molar-refractivity contribution in [2.45, 2.75) is 39.2 Å². The van der Waals surface area contributed by atoms with Gasteiger partial charge >= 0.3 is 0 Å². The molecule has 188 valence electrons. The molecule has 1 saturated heterocycles. The molecule has 1 aliphatic rings. The zero-order chi connectivity index (χ0) is 25.3. The topological polar surface area (TPSA) is 118 Å². The molecule has 4 aromatic rings. The number of morpholine rings is 1. The van der Waals surface area contributed by atoms with Gasteiger partial charge in [-0.15, -0.1) is 0 Å². The molecule has 0 saturated carbocycles. The van der Waals surface area contributed by atoms with Crippen LogP contribution in [-0.4, -0.2) is 62.4 Å². The van der Waals surface area contributed by atoms with Crippen LogP contribution in [0.4, 0.5) is 11.4 Å². The second kappa shape index (κ2) is 9.71.